The number of hydrogen-bond donors (Lipinski definition) is 0. The molecule has 1 aromatic heterocycles. The van der Waals surface area contributed by atoms with Gasteiger partial charge in [0.1, 0.15) is 12.2 Å². The minimum atomic E-state index is -4.42. The summed E-state index contributed by atoms with van der Waals surface area (Å²) in [5.74, 6) is 2.82. The Morgan fingerprint density at radius 2 is 1.76 bits per heavy atom. The van der Waals surface area contributed by atoms with E-state index in [4.69, 9.17) is 9.47 Å². The molecule has 6 rings (SSSR count). The molecule has 1 saturated heterocycles. The fourth-order valence-electron chi connectivity index (χ4n) is 6.04. The Hall–Kier alpha value is -1.99. The zero-order valence-electron chi connectivity index (χ0n) is 16.1. The first-order valence-corrected chi connectivity index (χ1v) is 10.5. The Labute approximate surface area is 167 Å². The van der Waals surface area contributed by atoms with Crippen LogP contribution in [0.4, 0.5) is 18.0 Å². The standard InChI is InChI=1S/C21H25F3N2O3/c22-21(23,24)16-1-2-18(25-10-16)28-17-3-4-26(11-17)20(27)29-19-14-6-12-5-13(8-14)9-15(19)7-12/h1-2,10,12-15,17,19H,3-9,11H2/t12?,13?,14?,15?,17-,19?/m1/s1. The number of carbonyl (C=O) groups excluding carboxylic acids is 1. The van der Waals surface area contributed by atoms with Gasteiger partial charge in [0.2, 0.25) is 5.88 Å². The van der Waals surface area contributed by atoms with Crippen molar-refractivity contribution in [2.24, 2.45) is 23.7 Å². The number of ether oxygens (including phenoxy) is 2. The first-order chi connectivity index (χ1) is 13.8. The molecule has 0 N–H and O–H groups in total. The Morgan fingerprint density at radius 1 is 1.07 bits per heavy atom. The molecule has 5 nitrogen and oxygen atoms in total. The number of aromatic nitrogens is 1. The van der Waals surface area contributed by atoms with Gasteiger partial charge in [0, 0.05) is 25.2 Å². The van der Waals surface area contributed by atoms with Crippen LogP contribution in [-0.4, -0.2) is 41.3 Å². The molecule has 0 radical (unpaired) electrons. The van der Waals surface area contributed by atoms with Crippen molar-refractivity contribution in [2.45, 2.75) is 56.9 Å². The van der Waals surface area contributed by atoms with E-state index >= 15 is 0 Å². The van der Waals surface area contributed by atoms with Crippen LogP contribution in [0.25, 0.3) is 0 Å². The number of halogens is 3. The van der Waals surface area contributed by atoms with Gasteiger partial charge < -0.3 is 14.4 Å². The Bertz CT molecular complexity index is 739. The lowest BCUT2D eigenvalue weighted by Crippen LogP contribution is -2.51. The van der Waals surface area contributed by atoms with Gasteiger partial charge in [-0.15, -0.1) is 0 Å². The van der Waals surface area contributed by atoms with E-state index in [1.54, 1.807) is 4.90 Å². The second kappa shape index (κ2) is 7.06. The highest BCUT2D eigenvalue weighted by atomic mass is 19.4. The number of nitrogens with zero attached hydrogens (tertiary/aromatic N) is 2. The lowest BCUT2D eigenvalue weighted by Gasteiger charge is -2.53. The molecule has 158 valence electrons. The summed E-state index contributed by atoms with van der Waals surface area (Å²) in [6.45, 7) is 0.895. The van der Waals surface area contributed by atoms with Crippen LogP contribution in [0, 0.1) is 23.7 Å². The van der Waals surface area contributed by atoms with Crippen molar-refractivity contribution in [1.29, 1.82) is 0 Å². The lowest BCUT2D eigenvalue weighted by atomic mass is 9.55. The number of amides is 1. The number of alkyl halides is 3. The number of carbonyl (C=O) groups is 1. The van der Waals surface area contributed by atoms with Crippen molar-refractivity contribution in [3.05, 3.63) is 23.9 Å². The summed E-state index contributed by atoms with van der Waals surface area (Å²) < 4.78 is 49.5. The first kappa shape index (κ1) is 19.0. The fourth-order valence-corrected chi connectivity index (χ4v) is 6.04. The van der Waals surface area contributed by atoms with Crippen LogP contribution in [0.15, 0.2) is 18.3 Å². The van der Waals surface area contributed by atoms with Crippen LogP contribution < -0.4 is 4.74 Å². The van der Waals surface area contributed by atoms with Gasteiger partial charge in [-0.1, -0.05) is 0 Å². The SMILES string of the molecule is O=C(OC1C2CC3CC(C2)CC1C3)N1CC[C@@H](Oc2ccc(C(F)(F)F)cn2)C1. The molecule has 2 heterocycles. The van der Waals surface area contributed by atoms with Gasteiger partial charge in [0.25, 0.3) is 0 Å². The lowest BCUT2D eigenvalue weighted by molar-refractivity contribution is -0.137. The predicted octanol–water partition coefficient (Wildman–Crippen LogP) is 4.51. The molecule has 5 fully saturated rings. The van der Waals surface area contributed by atoms with E-state index in [0.29, 0.717) is 31.3 Å². The van der Waals surface area contributed by atoms with Crippen LogP contribution in [0.3, 0.4) is 0 Å². The Balaban J connectivity index is 1.14. The van der Waals surface area contributed by atoms with Crippen molar-refractivity contribution < 1.29 is 27.4 Å². The number of likely N-dealkylation sites (tertiary alicyclic amines) is 1. The summed E-state index contributed by atoms with van der Waals surface area (Å²) in [6, 6.07) is 2.17. The van der Waals surface area contributed by atoms with Gasteiger partial charge in [-0.2, -0.15) is 13.2 Å². The number of pyridine rings is 1. The van der Waals surface area contributed by atoms with Crippen molar-refractivity contribution >= 4 is 6.09 Å². The number of rotatable bonds is 3. The van der Waals surface area contributed by atoms with E-state index in [-0.39, 0.29) is 24.2 Å². The van der Waals surface area contributed by atoms with E-state index in [1.165, 1.54) is 38.2 Å². The average Bonchev–Trinajstić information content (AvgIpc) is 3.12. The summed E-state index contributed by atoms with van der Waals surface area (Å²) in [7, 11) is 0. The molecule has 0 unspecified atom stereocenters. The molecular formula is C21H25F3N2O3. The first-order valence-electron chi connectivity index (χ1n) is 10.5. The van der Waals surface area contributed by atoms with Gasteiger partial charge in [0.05, 0.1) is 12.1 Å². The zero-order valence-corrected chi connectivity index (χ0v) is 16.1. The topological polar surface area (TPSA) is 51.7 Å². The van der Waals surface area contributed by atoms with Gasteiger partial charge >= 0.3 is 12.3 Å². The van der Waals surface area contributed by atoms with Crippen molar-refractivity contribution in [3.8, 4) is 5.88 Å². The predicted molar refractivity (Wildman–Crippen MR) is 97.2 cm³/mol. The number of hydrogen-bond acceptors (Lipinski definition) is 4. The van der Waals surface area contributed by atoms with Crippen LogP contribution >= 0.6 is 0 Å². The Kier molecular flexibility index (Phi) is 4.62. The van der Waals surface area contributed by atoms with E-state index in [1.807, 2.05) is 0 Å². The molecular weight excluding hydrogens is 385 g/mol. The van der Waals surface area contributed by atoms with Crippen LogP contribution in [-0.2, 0) is 10.9 Å². The molecule has 5 aliphatic rings. The van der Waals surface area contributed by atoms with E-state index < -0.39 is 11.7 Å². The molecule has 0 aromatic carbocycles. The second-order valence-electron chi connectivity index (χ2n) is 9.14. The van der Waals surface area contributed by atoms with Gasteiger partial charge in [0.15, 0.2) is 0 Å². The third kappa shape index (κ3) is 3.78. The minimum absolute atomic E-state index is 0.0480. The fraction of sp³-hybridized carbons (Fsp3) is 0.714. The Morgan fingerprint density at radius 3 is 2.34 bits per heavy atom. The molecule has 4 bridgehead atoms. The third-order valence-corrected chi connectivity index (χ3v) is 7.13. The van der Waals surface area contributed by atoms with E-state index in [9.17, 15) is 18.0 Å². The normalized spacial score (nSPS) is 35.8. The highest BCUT2D eigenvalue weighted by Gasteiger charge is 2.50. The van der Waals surface area contributed by atoms with Gasteiger partial charge in [-0.05, 0) is 61.8 Å². The molecule has 1 aliphatic heterocycles. The van der Waals surface area contributed by atoms with E-state index in [0.717, 1.165) is 24.1 Å². The highest BCUT2D eigenvalue weighted by Crippen LogP contribution is 2.54. The highest BCUT2D eigenvalue weighted by molar-refractivity contribution is 5.68. The molecule has 0 spiro atoms. The monoisotopic (exact) mass is 410 g/mol. The summed E-state index contributed by atoms with van der Waals surface area (Å²) in [5.41, 5.74) is -0.808. The molecule has 1 amide bonds. The molecule has 1 atom stereocenters. The van der Waals surface area contributed by atoms with Crippen LogP contribution in [0.5, 0.6) is 5.88 Å². The van der Waals surface area contributed by atoms with E-state index in [2.05, 4.69) is 4.98 Å². The molecule has 4 saturated carbocycles. The van der Waals surface area contributed by atoms with Crippen molar-refractivity contribution in [3.63, 3.8) is 0 Å². The van der Waals surface area contributed by atoms with Crippen molar-refractivity contribution in [2.75, 3.05) is 13.1 Å². The maximum atomic E-state index is 12.7. The molecule has 29 heavy (non-hydrogen) atoms. The summed E-state index contributed by atoms with van der Waals surface area (Å²) in [4.78, 5) is 18.1. The quantitative estimate of drug-likeness (QED) is 0.736. The zero-order chi connectivity index (χ0) is 20.2. The average molecular weight is 410 g/mol. The van der Waals surface area contributed by atoms with Gasteiger partial charge in [-0.25, -0.2) is 9.78 Å². The summed E-state index contributed by atoms with van der Waals surface area (Å²) >= 11 is 0. The third-order valence-electron chi connectivity index (χ3n) is 7.13. The maximum absolute atomic E-state index is 12.7. The second-order valence-corrected chi connectivity index (χ2v) is 9.14. The summed E-state index contributed by atoms with van der Waals surface area (Å²) in [6.07, 6.45) is 2.56. The van der Waals surface area contributed by atoms with Crippen molar-refractivity contribution in [1.82, 2.24) is 9.88 Å². The minimum Gasteiger partial charge on any atom is -0.472 e. The molecule has 4 aliphatic carbocycles. The molecule has 8 heteroatoms. The van der Waals surface area contributed by atoms with Crippen LogP contribution in [0.1, 0.15) is 44.1 Å². The van der Waals surface area contributed by atoms with Crippen LogP contribution in [0.2, 0.25) is 0 Å². The largest absolute Gasteiger partial charge is 0.472 e. The maximum Gasteiger partial charge on any atom is 0.417 e. The smallest absolute Gasteiger partial charge is 0.417 e. The van der Waals surface area contributed by atoms with Gasteiger partial charge in [-0.3, -0.25) is 0 Å². The summed E-state index contributed by atoms with van der Waals surface area (Å²) in [5, 5.41) is 0. The molecule has 1 aromatic rings.